The first-order valence-corrected chi connectivity index (χ1v) is 9.32. The van der Waals surface area contributed by atoms with Crippen molar-refractivity contribution in [2.75, 3.05) is 14.2 Å². The Kier molecular flexibility index (Phi) is 5.17. The zero-order valence-electron chi connectivity index (χ0n) is 15.8. The van der Waals surface area contributed by atoms with Gasteiger partial charge in [0, 0.05) is 29.0 Å². The molecule has 0 fully saturated rings. The number of rotatable bonds is 5. The number of carbonyl (C=O) groups is 1. The van der Waals surface area contributed by atoms with Gasteiger partial charge in [-0.1, -0.05) is 11.6 Å². The average molecular weight is 415 g/mol. The second kappa shape index (κ2) is 7.77. The molecule has 29 heavy (non-hydrogen) atoms. The number of methoxy groups -OCH3 is 2. The van der Waals surface area contributed by atoms with E-state index in [1.165, 1.54) is 7.11 Å². The van der Waals surface area contributed by atoms with Crippen molar-refractivity contribution in [2.45, 2.75) is 18.6 Å². The van der Waals surface area contributed by atoms with Crippen LogP contribution in [-0.4, -0.2) is 34.8 Å². The molecule has 4 rings (SSSR count). The highest BCUT2D eigenvalue weighted by Crippen LogP contribution is 2.45. The normalized spacial score (nSPS) is 17.8. The maximum Gasteiger partial charge on any atom is 0.306 e. The van der Waals surface area contributed by atoms with E-state index in [0.717, 1.165) is 16.9 Å². The van der Waals surface area contributed by atoms with E-state index in [1.807, 2.05) is 29.0 Å². The Balaban J connectivity index is 1.96. The summed E-state index contributed by atoms with van der Waals surface area (Å²) in [7, 11) is 3.07. The Morgan fingerprint density at radius 2 is 2.10 bits per heavy atom. The van der Waals surface area contributed by atoms with Crippen molar-refractivity contribution >= 4 is 17.6 Å². The van der Waals surface area contributed by atoms with Gasteiger partial charge in [0.2, 0.25) is 0 Å². The predicted molar refractivity (Wildman–Crippen MR) is 106 cm³/mol. The van der Waals surface area contributed by atoms with E-state index in [1.54, 1.807) is 31.5 Å². The van der Waals surface area contributed by atoms with E-state index in [2.05, 4.69) is 4.98 Å². The smallest absolute Gasteiger partial charge is 0.306 e. The van der Waals surface area contributed by atoms with Gasteiger partial charge in [0.25, 0.3) is 0 Å². The van der Waals surface area contributed by atoms with E-state index >= 15 is 0 Å². The van der Waals surface area contributed by atoms with Crippen LogP contribution in [0.1, 0.15) is 35.6 Å². The number of carboxylic acid groups (broad SMARTS) is 1. The summed E-state index contributed by atoms with van der Waals surface area (Å²) in [5.41, 5.74) is 2.80. The monoisotopic (exact) mass is 414 g/mol. The van der Waals surface area contributed by atoms with Crippen molar-refractivity contribution in [2.24, 2.45) is 0 Å². The summed E-state index contributed by atoms with van der Waals surface area (Å²) in [5.74, 6) is -0.0362. The quantitative estimate of drug-likeness (QED) is 0.674. The third-order valence-electron chi connectivity index (χ3n) is 4.87. The van der Waals surface area contributed by atoms with E-state index in [-0.39, 0.29) is 6.42 Å². The van der Waals surface area contributed by atoms with E-state index < -0.39 is 18.2 Å². The second-order valence-corrected chi connectivity index (χ2v) is 6.98. The molecule has 7 nitrogen and oxygen atoms in total. The van der Waals surface area contributed by atoms with Gasteiger partial charge in [-0.3, -0.25) is 9.78 Å². The van der Waals surface area contributed by atoms with Crippen LogP contribution in [0, 0.1) is 0 Å². The van der Waals surface area contributed by atoms with Crippen molar-refractivity contribution in [3.63, 3.8) is 0 Å². The molecule has 2 aromatic heterocycles. The van der Waals surface area contributed by atoms with Crippen molar-refractivity contribution in [3.8, 4) is 17.2 Å². The SMILES string of the molecule is COc1ccnc([C@H]2O[C@H](CC(=O)O)c3cccn3-c3ccc(Cl)cc32)c1OC. The number of fused-ring (bicyclic) bond motifs is 3. The number of ether oxygens (including phenoxy) is 3. The summed E-state index contributed by atoms with van der Waals surface area (Å²) < 4.78 is 19.2. The number of halogens is 1. The van der Waals surface area contributed by atoms with Crippen LogP contribution in [0.5, 0.6) is 11.5 Å². The second-order valence-electron chi connectivity index (χ2n) is 6.54. The molecular weight excluding hydrogens is 396 g/mol. The molecule has 1 aliphatic heterocycles. The Hall–Kier alpha value is -3.03. The van der Waals surface area contributed by atoms with Crippen LogP contribution in [0.2, 0.25) is 5.02 Å². The van der Waals surface area contributed by atoms with Crippen LogP contribution >= 0.6 is 11.6 Å². The number of aliphatic carboxylic acids is 1. The number of aromatic nitrogens is 2. The molecule has 0 unspecified atom stereocenters. The highest BCUT2D eigenvalue weighted by Gasteiger charge is 2.34. The summed E-state index contributed by atoms with van der Waals surface area (Å²) >= 11 is 6.30. The Labute approximate surface area is 172 Å². The highest BCUT2D eigenvalue weighted by molar-refractivity contribution is 6.30. The molecule has 0 saturated heterocycles. The molecule has 0 bridgehead atoms. The van der Waals surface area contributed by atoms with Crippen LogP contribution in [0.15, 0.2) is 48.8 Å². The van der Waals surface area contributed by atoms with Gasteiger partial charge in [0.1, 0.15) is 17.9 Å². The minimum Gasteiger partial charge on any atom is -0.493 e. The molecule has 0 spiro atoms. The van der Waals surface area contributed by atoms with Gasteiger partial charge >= 0.3 is 5.97 Å². The fourth-order valence-electron chi connectivity index (χ4n) is 3.66. The van der Waals surface area contributed by atoms with Gasteiger partial charge in [-0.25, -0.2) is 0 Å². The number of pyridine rings is 1. The summed E-state index contributed by atoms with van der Waals surface area (Å²) in [6, 6.07) is 10.9. The van der Waals surface area contributed by atoms with Gasteiger partial charge in [-0.05, 0) is 30.3 Å². The zero-order valence-corrected chi connectivity index (χ0v) is 16.6. The Morgan fingerprint density at radius 3 is 2.83 bits per heavy atom. The van der Waals surface area contributed by atoms with Gasteiger partial charge < -0.3 is 23.9 Å². The van der Waals surface area contributed by atoms with Gasteiger partial charge in [0.15, 0.2) is 11.5 Å². The van der Waals surface area contributed by atoms with Crippen molar-refractivity contribution in [1.29, 1.82) is 0 Å². The number of benzene rings is 1. The van der Waals surface area contributed by atoms with Gasteiger partial charge in [-0.2, -0.15) is 0 Å². The largest absolute Gasteiger partial charge is 0.493 e. The number of hydrogen-bond donors (Lipinski definition) is 1. The first-order valence-electron chi connectivity index (χ1n) is 8.94. The zero-order chi connectivity index (χ0) is 20.5. The molecule has 0 amide bonds. The minimum absolute atomic E-state index is 0.200. The maximum absolute atomic E-state index is 11.5. The number of nitrogens with zero attached hydrogens (tertiary/aromatic N) is 2. The van der Waals surface area contributed by atoms with Gasteiger partial charge in [-0.15, -0.1) is 0 Å². The van der Waals surface area contributed by atoms with Crippen molar-refractivity contribution in [1.82, 2.24) is 9.55 Å². The Bertz CT molecular complexity index is 1060. The van der Waals surface area contributed by atoms with E-state index in [9.17, 15) is 9.90 Å². The molecule has 150 valence electrons. The summed E-state index contributed by atoms with van der Waals surface area (Å²) in [5, 5.41) is 9.98. The molecule has 3 aromatic rings. The lowest BCUT2D eigenvalue weighted by Gasteiger charge is -2.23. The van der Waals surface area contributed by atoms with E-state index in [0.29, 0.717) is 22.2 Å². The Morgan fingerprint density at radius 1 is 1.28 bits per heavy atom. The van der Waals surface area contributed by atoms with Gasteiger partial charge in [0.05, 0.1) is 32.0 Å². The standard InChI is InChI=1S/C21H19ClN2O5/c1-27-16-7-8-23-19(21(16)28-2)20-13-10-12(22)5-6-14(13)24-9-3-4-15(24)17(29-20)11-18(25)26/h3-10,17,20H,11H2,1-2H3,(H,25,26)/t17-,20+/m1/s1. The van der Waals surface area contributed by atoms with Crippen LogP contribution < -0.4 is 9.47 Å². The lowest BCUT2D eigenvalue weighted by Crippen LogP contribution is -2.15. The molecule has 8 heteroatoms. The fraction of sp³-hybridized carbons (Fsp3) is 0.238. The molecule has 1 aliphatic rings. The molecule has 0 aliphatic carbocycles. The molecule has 0 saturated carbocycles. The number of carboxylic acids is 1. The number of hydrogen-bond acceptors (Lipinski definition) is 5. The maximum atomic E-state index is 11.5. The lowest BCUT2D eigenvalue weighted by atomic mass is 10.0. The molecule has 1 N–H and O–H groups in total. The summed E-state index contributed by atoms with van der Waals surface area (Å²) in [6.45, 7) is 0. The van der Waals surface area contributed by atoms with Crippen molar-refractivity contribution in [3.05, 3.63) is 70.8 Å². The van der Waals surface area contributed by atoms with E-state index in [4.69, 9.17) is 25.8 Å². The third kappa shape index (κ3) is 3.43. The van der Waals surface area contributed by atoms with Crippen LogP contribution in [-0.2, 0) is 9.53 Å². The van der Waals surface area contributed by atoms with Crippen LogP contribution in [0.4, 0.5) is 0 Å². The first kappa shape index (κ1) is 19.3. The summed E-state index contributed by atoms with van der Waals surface area (Å²) in [6.07, 6.45) is 1.86. The molecule has 3 heterocycles. The molecule has 1 aromatic carbocycles. The van der Waals surface area contributed by atoms with Crippen molar-refractivity contribution < 1.29 is 24.1 Å². The molecule has 2 atom stereocenters. The summed E-state index contributed by atoms with van der Waals surface area (Å²) in [4.78, 5) is 16.0. The topological polar surface area (TPSA) is 82.8 Å². The lowest BCUT2D eigenvalue weighted by molar-refractivity contribution is -0.141. The highest BCUT2D eigenvalue weighted by atomic mass is 35.5. The third-order valence-corrected chi connectivity index (χ3v) is 5.11. The average Bonchev–Trinajstić information content (AvgIpc) is 3.15. The molecule has 0 radical (unpaired) electrons. The molecular formula is C21H19ClN2O5. The first-order chi connectivity index (χ1) is 14.0. The predicted octanol–water partition coefficient (Wildman–Crippen LogP) is 4.18. The fourth-order valence-corrected chi connectivity index (χ4v) is 3.84. The minimum atomic E-state index is -0.962. The van der Waals surface area contributed by atoms with Crippen LogP contribution in [0.25, 0.3) is 5.69 Å². The van der Waals surface area contributed by atoms with Crippen LogP contribution in [0.3, 0.4) is 0 Å².